The van der Waals surface area contributed by atoms with E-state index in [1.54, 1.807) is 14.2 Å². The van der Waals surface area contributed by atoms with Crippen LogP contribution in [0.4, 0.5) is 15.9 Å². The summed E-state index contributed by atoms with van der Waals surface area (Å²) in [5, 5.41) is 7.27. The first kappa shape index (κ1) is 21.2. The molecule has 4 rings (SSSR count). The van der Waals surface area contributed by atoms with Crippen LogP contribution in [0, 0.1) is 5.82 Å². The summed E-state index contributed by atoms with van der Waals surface area (Å²) in [6.45, 7) is 0. The first-order chi connectivity index (χ1) is 14.9. The van der Waals surface area contributed by atoms with E-state index < -0.39 is 5.82 Å². The number of benzene rings is 2. The zero-order chi connectivity index (χ0) is 22.1. The molecule has 1 aliphatic rings. The van der Waals surface area contributed by atoms with E-state index in [0.717, 1.165) is 25.0 Å². The van der Waals surface area contributed by atoms with Crippen molar-refractivity contribution in [2.24, 2.45) is 7.05 Å². The number of aryl methyl sites for hydroxylation is 1. The Hall–Kier alpha value is -3.06. The summed E-state index contributed by atoms with van der Waals surface area (Å²) in [6.07, 6.45) is 2.76. The van der Waals surface area contributed by atoms with E-state index in [0.29, 0.717) is 28.7 Å². The van der Waals surface area contributed by atoms with Gasteiger partial charge in [0, 0.05) is 18.7 Å². The molecule has 3 aromatic rings. The van der Waals surface area contributed by atoms with E-state index >= 15 is 0 Å². The molecule has 0 radical (unpaired) electrons. The number of nitrogens with two attached hydrogens (primary N) is 1. The molecule has 0 aliphatic heterocycles. The molecule has 6 nitrogen and oxygen atoms in total. The van der Waals surface area contributed by atoms with Crippen LogP contribution in [0.3, 0.4) is 0 Å². The van der Waals surface area contributed by atoms with Gasteiger partial charge in [0.15, 0.2) is 0 Å². The number of hydrogen-bond donors (Lipinski definition) is 2. The molecule has 1 aliphatic carbocycles. The standard InChI is InChI=1S/C23H24ClFN4O2/c1-29-22(26)20(23(30)27-16-8-9-19(25)18(24)12-16)21(28-29)15-7-6-14(10-15)13-4-3-5-17(11-13)31-2/h3-5,8-9,11-12,14-15H,6-7,10,26H2,1-2H3,(H,27,30). The van der Waals surface area contributed by atoms with E-state index in [-0.39, 0.29) is 16.8 Å². The molecule has 1 fully saturated rings. The fraction of sp³-hybridized carbons (Fsp3) is 0.304. The van der Waals surface area contributed by atoms with Crippen LogP contribution in [-0.4, -0.2) is 22.8 Å². The van der Waals surface area contributed by atoms with Crippen LogP contribution < -0.4 is 15.8 Å². The number of nitrogens with one attached hydrogen (secondary N) is 1. The predicted molar refractivity (Wildman–Crippen MR) is 119 cm³/mol. The molecule has 0 spiro atoms. The average molecular weight is 443 g/mol. The quantitative estimate of drug-likeness (QED) is 0.575. The summed E-state index contributed by atoms with van der Waals surface area (Å²) in [7, 11) is 3.38. The topological polar surface area (TPSA) is 82.2 Å². The van der Waals surface area contributed by atoms with Gasteiger partial charge in [0.1, 0.15) is 22.9 Å². The lowest BCUT2D eigenvalue weighted by molar-refractivity contribution is 0.102. The van der Waals surface area contributed by atoms with Crippen LogP contribution in [0.5, 0.6) is 5.75 Å². The minimum Gasteiger partial charge on any atom is -0.497 e. The second-order valence-corrected chi connectivity index (χ2v) is 8.24. The van der Waals surface area contributed by atoms with Gasteiger partial charge in [-0.15, -0.1) is 0 Å². The number of methoxy groups -OCH3 is 1. The highest BCUT2D eigenvalue weighted by Crippen LogP contribution is 2.45. The van der Waals surface area contributed by atoms with Gasteiger partial charge in [-0.2, -0.15) is 5.10 Å². The number of carbonyl (C=O) groups is 1. The number of halogens is 2. The monoisotopic (exact) mass is 442 g/mol. The Morgan fingerprint density at radius 3 is 2.77 bits per heavy atom. The maximum Gasteiger partial charge on any atom is 0.261 e. The molecule has 1 heterocycles. The highest BCUT2D eigenvalue weighted by atomic mass is 35.5. The third kappa shape index (κ3) is 4.23. The zero-order valence-electron chi connectivity index (χ0n) is 17.4. The number of nitrogen functional groups attached to an aromatic ring is 1. The Morgan fingerprint density at radius 1 is 1.26 bits per heavy atom. The summed E-state index contributed by atoms with van der Waals surface area (Å²) >= 11 is 5.83. The summed E-state index contributed by atoms with van der Waals surface area (Å²) in [4.78, 5) is 13.1. The van der Waals surface area contributed by atoms with Gasteiger partial charge in [-0.1, -0.05) is 23.7 Å². The zero-order valence-corrected chi connectivity index (χ0v) is 18.1. The summed E-state index contributed by atoms with van der Waals surface area (Å²) in [6, 6.07) is 12.1. The molecule has 8 heteroatoms. The Kier molecular flexibility index (Phi) is 5.87. The number of nitrogens with zero attached hydrogens (tertiary/aromatic N) is 2. The average Bonchev–Trinajstić information content (AvgIpc) is 3.36. The van der Waals surface area contributed by atoms with Crippen molar-refractivity contribution in [3.63, 3.8) is 0 Å². The third-order valence-electron chi connectivity index (χ3n) is 5.91. The van der Waals surface area contributed by atoms with Crippen molar-refractivity contribution in [2.75, 3.05) is 18.2 Å². The molecule has 31 heavy (non-hydrogen) atoms. The summed E-state index contributed by atoms with van der Waals surface area (Å²) in [5.41, 5.74) is 8.87. The molecule has 1 aromatic heterocycles. The van der Waals surface area contributed by atoms with Gasteiger partial charge in [0.2, 0.25) is 0 Å². The molecule has 2 atom stereocenters. The molecular formula is C23H24ClFN4O2. The fourth-order valence-corrected chi connectivity index (χ4v) is 4.45. The van der Waals surface area contributed by atoms with Crippen molar-refractivity contribution in [3.05, 3.63) is 70.1 Å². The Bertz CT molecular complexity index is 1130. The van der Waals surface area contributed by atoms with E-state index in [1.165, 1.54) is 28.4 Å². The van der Waals surface area contributed by atoms with Crippen LogP contribution in [0.2, 0.25) is 5.02 Å². The Labute approximate surface area is 185 Å². The van der Waals surface area contributed by atoms with Crippen molar-refractivity contribution in [1.29, 1.82) is 0 Å². The predicted octanol–water partition coefficient (Wildman–Crippen LogP) is 5.11. The number of rotatable bonds is 5. The van der Waals surface area contributed by atoms with E-state index in [1.807, 2.05) is 12.1 Å². The first-order valence-corrected chi connectivity index (χ1v) is 10.5. The van der Waals surface area contributed by atoms with Gasteiger partial charge in [0.25, 0.3) is 5.91 Å². The number of ether oxygens (including phenoxy) is 1. The van der Waals surface area contributed by atoms with Gasteiger partial charge >= 0.3 is 0 Å². The highest BCUT2D eigenvalue weighted by molar-refractivity contribution is 6.31. The smallest absolute Gasteiger partial charge is 0.261 e. The van der Waals surface area contributed by atoms with E-state index in [9.17, 15) is 9.18 Å². The molecule has 3 N–H and O–H groups in total. The lowest BCUT2D eigenvalue weighted by atomic mass is 9.94. The van der Waals surface area contributed by atoms with Gasteiger partial charge in [-0.25, -0.2) is 4.39 Å². The number of carbonyl (C=O) groups excluding carboxylic acids is 1. The van der Waals surface area contributed by atoms with E-state index in [2.05, 4.69) is 22.5 Å². The maximum atomic E-state index is 13.4. The SMILES string of the molecule is COc1cccc(C2CCC(c3nn(C)c(N)c3C(=O)Nc3ccc(F)c(Cl)c3)C2)c1. The molecule has 0 saturated heterocycles. The summed E-state index contributed by atoms with van der Waals surface area (Å²) < 4.78 is 20.3. The molecule has 1 saturated carbocycles. The van der Waals surface area contributed by atoms with Crippen LogP contribution in [0.1, 0.15) is 52.7 Å². The molecule has 0 bridgehead atoms. The van der Waals surface area contributed by atoms with Crippen molar-refractivity contribution < 1.29 is 13.9 Å². The van der Waals surface area contributed by atoms with Crippen molar-refractivity contribution in [2.45, 2.75) is 31.1 Å². The van der Waals surface area contributed by atoms with Crippen LogP contribution in [0.25, 0.3) is 0 Å². The number of aromatic nitrogens is 2. The molecule has 2 unspecified atom stereocenters. The van der Waals surface area contributed by atoms with E-state index in [4.69, 9.17) is 22.1 Å². The second kappa shape index (κ2) is 8.59. The van der Waals surface area contributed by atoms with Gasteiger partial charge in [0.05, 0.1) is 17.8 Å². The summed E-state index contributed by atoms with van der Waals surface area (Å²) in [5.74, 6) is 0.669. The number of hydrogen-bond acceptors (Lipinski definition) is 4. The minimum atomic E-state index is -0.546. The van der Waals surface area contributed by atoms with Crippen LogP contribution in [0.15, 0.2) is 42.5 Å². The van der Waals surface area contributed by atoms with Crippen molar-refractivity contribution in [1.82, 2.24) is 9.78 Å². The Balaban J connectivity index is 1.57. The van der Waals surface area contributed by atoms with Crippen LogP contribution >= 0.6 is 11.6 Å². The molecular weight excluding hydrogens is 419 g/mol. The molecule has 2 aromatic carbocycles. The van der Waals surface area contributed by atoms with Crippen molar-refractivity contribution >= 4 is 29.0 Å². The fourth-order valence-electron chi connectivity index (χ4n) is 4.27. The maximum absolute atomic E-state index is 13.4. The van der Waals surface area contributed by atoms with Gasteiger partial charge < -0.3 is 15.8 Å². The largest absolute Gasteiger partial charge is 0.497 e. The minimum absolute atomic E-state index is 0.0610. The number of anilines is 2. The lowest BCUT2D eigenvalue weighted by Gasteiger charge is -2.13. The van der Waals surface area contributed by atoms with Gasteiger partial charge in [-0.3, -0.25) is 9.48 Å². The highest BCUT2D eigenvalue weighted by Gasteiger charge is 2.33. The van der Waals surface area contributed by atoms with Crippen molar-refractivity contribution in [3.8, 4) is 5.75 Å². The second-order valence-electron chi connectivity index (χ2n) is 7.84. The van der Waals surface area contributed by atoms with Crippen LogP contribution in [-0.2, 0) is 7.05 Å². The molecule has 1 amide bonds. The van der Waals surface area contributed by atoms with Gasteiger partial charge in [-0.05, 0) is 61.1 Å². The lowest BCUT2D eigenvalue weighted by Crippen LogP contribution is -2.16. The number of amides is 1. The Morgan fingerprint density at radius 2 is 2.03 bits per heavy atom. The molecule has 162 valence electrons. The first-order valence-electron chi connectivity index (χ1n) is 10.1. The third-order valence-corrected chi connectivity index (χ3v) is 6.20. The normalized spacial score (nSPS) is 18.2.